The van der Waals surface area contributed by atoms with E-state index >= 15 is 4.39 Å². The third-order valence-corrected chi connectivity index (χ3v) is 11.7. The van der Waals surface area contributed by atoms with E-state index in [1.54, 1.807) is 0 Å². The highest BCUT2D eigenvalue weighted by molar-refractivity contribution is 7.90. The molecule has 6 heterocycles. The van der Waals surface area contributed by atoms with Gasteiger partial charge in [-0.25, -0.2) is 21.6 Å². The van der Waals surface area contributed by atoms with Crippen LogP contribution in [0.3, 0.4) is 0 Å². The molecule has 8 rings (SSSR count). The molecule has 4 saturated heterocycles. The summed E-state index contributed by atoms with van der Waals surface area (Å²) in [6.45, 7) is 1.97. The number of fused-ring (bicyclic) bond motifs is 5. The van der Waals surface area contributed by atoms with Crippen molar-refractivity contribution in [3.8, 4) is 35.4 Å². The molecule has 2 N–H and O–H groups in total. The molecule has 256 valence electrons. The molecular formula is C35H35F3N6O4S. The summed E-state index contributed by atoms with van der Waals surface area (Å²) in [5.41, 5.74) is -1.59. The number of halogens is 3. The van der Waals surface area contributed by atoms with Crippen LogP contribution in [0.15, 0.2) is 30.5 Å². The van der Waals surface area contributed by atoms with E-state index in [1.807, 2.05) is 4.90 Å². The SMILES string of the molecule is C#Cc1c(F)ccc2cc(O)cc(-c3ncc4c(N5C[C@@H]6CC[C@](CS(C)(=O)=O)(C5)N6)nc(OC[C@@]56CCCN5C[C@H](F)C6)nc4c3F)c12. The number of anilines is 1. The second-order valence-corrected chi connectivity index (χ2v) is 16.3. The second kappa shape index (κ2) is 11.4. The molecule has 49 heavy (non-hydrogen) atoms. The Morgan fingerprint density at radius 1 is 1.20 bits per heavy atom. The van der Waals surface area contributed by atoms with Gasteiger partial charge >= 0.3 is 6.01 Å². The first-order valence-electron chi connectivity index (χ1n) is 16.4. The Labute approximate surface area is 281 Å². The third-order valence-electron chi connectivity index (χ3n) is 10.6. The summed E-state index contributed by atoms with van der Waals surface area (Å²) >= 11 is 0. The van der Waals surface area contributed by atoms with Gasteiger partial charge in [-0.3, -0.25) is 9.88 Å². The van der Waals surface area contributed by atoms with E-state index < -0.39 is 38.7 Å². The van der Waals surface area contributed by atoms with E-state index in [4.69, 9.17) is 16.1 Å². The van der Waals surface area contributed by atoms with Gasteiger partial charge in [0.2, 0.25) is 0 Å². The van der Waals surface area contributed by atoms with Crippen LogP contribution in [0.1, 0.15) is 37.7 Å². The van der Waals surface area contributed by atoms with Crippen LogP contribution in [0.25, 0.3) is 32.9 Å². The molecule has 4 fully saturated rings. The molecule has 0 aliphatic carbocycles. The minimum atomic E-state index is -3.34. The number of ether oxygens (including phenoxy) is 1. The number of sulfone groups is 1. The maximum atomic E-state index is 16.9. The lowest BCUT2D eigenvalue weighted by Crippen LogP contribution is -2.62. The summed E-state index contributed by atoms with van der Waals surface area (Å²) < 4.78 is 77.5. The molecule has 2 bridgehead atoms. The maximum Gasteiger partial charge on any atom is 0.319 e. The van der Waals surface area contributed by atoms with Gasteiger partial charge in [0, 0.05) is 55.5 Å². The number of aromatic nitrogens is 3. The molecule has 0 radical (unpaired) electrons. The quantitative estimate of drug-likeness (QED) is 0.274. The molecule has 10 nitrogen and oxygen atoms in total. The van der Waals surface area contributed by atoms with Crippen LogP contribution in [0.2, 0.25) is 0 Å². The first kappa shape index (κ1) is 32.0. The Kier molecular flexibility index (Phi) is 7.47. The summed E-state index contributed by atoms with van der Waals surface area (Å²) in [5, 5.41) is 14.9. The highest BCUT2D eigenvalue weighted by Crippen LogP contribution is 2.42. The lowest BCUT2D eigenvalue weighted by molar-refractivity contribution is 0.107. The summed E-state index contributed by atoms with van der Waals surface area (Å²) in [7, 11) is -3.34. The fourth-order valence-corrected chi connectivity index (χ4v) is 10.0. The lowest BCUT2D eigenvalue weighted by atomic mass is 9.95. The number of piperazine rings is 1. The third kappa shape index (κ3) is 5.52. The standard InChI is InChI=1S/C35H35F3N6O4S/c1-3-24-27(37)6-5-20-11-23(45)12-25(28(20)24)30-29(38)31-26(14-39-30)32(43-16-22-7-9-34(17-43,42-22)19-49(2,46)47)41-33(40-31)48-18-35-8-4-10-44(35)15-21(36)13-35/h1,5-6,11-12,14,21-22,42,45H,4,7-10,13,15-19H2,2H3/t21-,22+,34-,35+/m1/s1. The number of benzene rings is 2. The number of aromatic hydroxyl groups is 1. The van der Waals surface area contributed by atoms with Gasteiger partial charge in [0.25, 0.3) is 0 Å². The smallest absolute Gasteiger partial charge is 0.319 e. The highest BCUT2D eigenvalue weighted by atomic mass is 32.2. The summed E-state index contributed by atoms with van der Waals surface area (Å²) in [5.74, 6) is 0.870. The van der Waals surface area contributed by atoms with Gasteiger partial charge in [-0.2, -0.15) is 9.97 Å². The number of rotatable bonds is 7. The fraction of sp³-hybridized carbons (Fsp3) is 0.457. The Hall–Kier alpha value is -4.19. The molecule has 2 aromatic heterocycles. The van der Waals surface area contributed by atoms with Crippen molar-refractivity contribution in [3.63, 3.8) is 0 Å². The largest absolute Gasteiger partial charge is 0.508 e. The van der Waals surface area contributed by atoms with Gasteiger partial charge in [0.05, 0.1) is 27.8 Å². The zero-order valence-corrected chi connectivity index (χ0v) is 27.7. The van der Waals surface area contributed by atoms with E-state index in [1.165, 1.54) is 36.7 Å². The number of phenolic OH excluding ortho intramolecular Hbond substituents is 1. The monoisotopic (exact) mass is 692 g/mol. The summed E-state index contributed by atoms with van der Waals surface area (Å²) in [6, 6.07) is 5.19. The number of pyridine rings is 1. The molecule has 0 spiro atoms. The van der Waals surface area contributed by atoms with Gasteiger partial charge in [0.15, 0.2) is 5.82 Å². The van der Waals surface area contributed by atoms with Gasteiger partial charge in [-0.1, -0.05) is 12.0 Å². The number of nitrogens with one attached hydrogen (secondary N) is 1. The fourth-order valence-electron chi connectivity index (χ4n) is 8.72. The minimum absolute atomic E-state index is 0.0244. The molecular weight excluding hydrogens is 657 g/mol. The summed E-state index contributed by atoms with van der Waals surface area (Å²) in [6.07, 6.45) is 10.7. The van der Waals surface area contributed by atoms with Gasteiger partial charge in [-0.05, 0) is 55.8 Å². The van der Waals surface area contributed by atoms with Crippen LogP contribution >= 0.6 is 0 Å². The van der Waals surface area contributed by atoms with Crippen LogP contribution in [0.5, 0.6) is 11.8 Å². The first-order valence-corrected chi connectivity index (χ1v) is 18.4. The molecule has 14 heteroatoms. The van der Waals surface area contributed by atoms with Crippen LogP contribution in [0.4, 0.5) is 19.0 Å². The minimum Gasteiger partial charge on any atom is -0.508 e. The number of hydrogen-bond acceptors (Lipinski definition) is 10. The molecule has 0 amide bonds. The van der Waals surface area contributed by atoms with Crippen molar-refractivity contribution in [2.45, 2.75) is 55.4 Å². The van der Waals surface area contributed by atoms with Crippen molar-refractivity contribution >= 4 is 37.3 Å². The Bertz CT molecular complexity index is 2180. The van der Waals surface area contributed by atoms with Crippen molar-refractivity contribution in [3.05, 3.63) is 47.7 Å². The average molecular weight is 693 g/mol. The Morgan fingerprint density at radius 3 is 2.84 bits per heavy atom. The van der Waals surface area contributed by atoms with Crippen molar-refractivity contribution < 1.29 is 31.4 Å². The van der Waals surface area contributed by atoms with Crippen LogP contribution < -0.4 is 15.0 Å². The normalized spacial score (nSPS) is 26.8. The summed E-state index contributed by atoms with van der Waals surface area (Å²) in [4.78, 5) is 17.8. The molecule has 4 aliphatic heterocycles. The Morgan fingerprint density at radius 2 is 2.04 bits per heavy atom. The predicted molar refractivity (Wildman–Crippen MR) is 179 cm³/mol. The molecule has 4 aliphatic rings. The number of nitrogens with zero attached hydrogens (tertiary/aromatic N) is 5. The topological polar surface area (TPSA) is 121 Å². The molecule has 0 saturated carbocycles. The van der Waals surface area contributed by atoms with E-state index in [2.05, 4.69) is 26.1 Å². The lowest BCUT2D eigenvalue weighted by Gasteiger charge is -2.42. The van der Waals surface area contributed by atoms with Gasteiger partial charge < -0.3 is 20.1 Å². The zero-order chi connectivity index (χ0) is 34.3. The maximum absolute atomic E-state index is 16.9. The average Bonchev–Trinajstić information content (AvgIpc) is 3.67. The number of alkyl halides is 1. The van der Waals surface area contributed by atoms with Crippen LogP contribution in [-0.4, -0.2) is 101 Å². The predicted octanol–water partition coefficient (Wildman–Crippen LogP) is 4.12. The highest BCUT2D eigenvalue weighted by Gasteiger charge is 2.50. The van der Waals surface area contributed by atoms with Crippen molar-refractivity contribution in [2.24, 2.45) is 0 Å². The van der Waals surface area contributed by atoms with Gasteiger partial charge in [-0.15, -0.1) is 6.42 Å². The molecule has 2 aromatic carbocycles. The van der Waals surface area contributed by atoms with Crippen LogP contribution in [-0.2, 0) is 9.84 Å². The number of hydrogen-bond donors (Lipinski definition) is 2. The van der Waals surface area contributed by atoms with Crippen molar-refractivity contribution in [2.75, 3.05) is 49.7 Å². The Balaban J connectivity index is 1.28. The number of phenols is 1. The number of terminal acetylenes is 1. The molecule has 0 unspecified atom stereocenters. The van der Waals surface area contributed by atoms with E-state index in [9.17, 15) is 22.3 Å². The van der Waals surface area contributed by atoms with Crippen molar-refractivity contribution in [1.82, 2.24) is 25.2 Å². The van der Waals surface area contributed by atoms with E-state index in [0.29, 0.717) is 37.1 Å². The van der Waals surface area contributed by atoms with E-state index in [-0.39, 0.29) is 69.8 Å². The first-order chi connectivity index (χ1) is 23.4. The van der Waals surface area contributed by atoms with Gasteiger partial charge in [0.1, 0.15) is 51.2 Å². The zero-order valence-electron chi connectivity index (χ0n) is 26.8. The van der Waals surface area contributed by atoms with E-state index in [0.717, 1.165) is 25.8 Å². The second-order valence-electron chi connectivity index (χ2n) is 14.1. The van der Waals surface area contributed by atoms with Crippen LogP contribution in [0, 0.1) is 24.0 Å². The molecule has 4 atom stereocenters. The van der Waals surface area contributed by atoms with Crippen molar-refractivity contribution in [1.29, 1.82) is 0 Å². The molecule has 4 aromatic rings.